The van der Waals surface area contributed by atoms with Crippen LogP contribution in [0.15, 0.2) is 52.9 Å². The third-order valence-electron chi connectivity index (χ3n) is 8.14. The van der Waals surface area contributed by atoms with Crippen molar-refractivity contribution in [3.8, 4) is 11.5 Å². The van der Waals surface area contributed by atoms with E-state index in [1.54, 1.807) is 0 Å². The average Bonchev–Trinajstić information content (AvgIpc) is 3.24. The number of fused-ring (bicyclic) bond motifs is 1. The van der Waals surface area contributed by atoms with Crippen LogP contribution in [0.25, 0.3) is 11.0 Å². The topological polar surface area (TPSA) is 55.7 Å². The molecule has 37 heavy (non-hydrogen) atoms. The number of hydrogen-bond acceptors (Lipinski definition) is 5. The Kier molecular flexibility index (Phi) is 8.11. The van der Waals surface area contributed by atoms with Crippen molar-refractivity contribution in [2.45, 2.75) is 96.4 Å². The lowest BCUT2D eigenvalue weighted by molar-refractivity contribution is 0.0846. The Morgan fingerprint density at radius 2 is 1.65 bits per heavy atom. The minimum Gasteiger partial charge on any atom is -0.490 e. The van der Waals surface area contributed by atoms with Gasteiger partial charge in [0.25, 0.3) is 0 Å². The fourth-order valence-electron chi connectivity index (χ4n) is 5.68. The second-order valence-corrected chi connectivity index (χ2v) is 11.9. The fraction of sp³-hybridized carbons (Fsp3) is 0.562. The van der Waals surface area contributed by atoms with Gasteiger partial charge < -0.3 is 24.5 Å². The second kappa shape index (κ2) is 11.5. The number of hydrogen-bond donors (Lipinski definition) is 2. The van der Waals surface area contributed by atoms with Gasteiger partial charge in [-0.3, -0.25) is 0 Å². The van der Waals surface area contributed by atoms with Crippen LogP contribution >= 0.6 is 0 Å². The van der Waals surface area contributed by atoms with Gasteiger partial charge in [0, 0.05) is 23.9 Å². The first kappa shape index (κ1) is 26.1. The largest absolute Gasteiger partial charge is 0.490 e. The molecule has 2 N–H and O–H groups in total. The number of rotatable bonds is 13. The molecular weight excluding hydrogens is 460 g/mol. The molecule has 0 bridgehead atoms. The predicted octanol–water partition coefficient (Wildman–Crippen LogP) is 6.67. The molecule has 2 saturated carbocycles. The van der Waals surface area contributed by atoms with E-state index in [0.29, 0.717) is 24.3 Å². The zero-order valence-electron chi connectivity index (χ0n) is 23.0. The third-order valence-corrected chi connectivity index (χ3v) is 8.14. The minimum atomic E-state index is 0.266. The van der Waals surface area contributed by atoms with E-state index in [1.165, 1.54) is 18.4 Å². The van der Waals surface area contributed by atoms with E-state index in [4.69, 9.17) is 13.9 Å². The van der Waals surface area contributed by atoms with E-state index in [0.717, 1.165) is 73.3 Å². The molecule has 1 aromatic heterocycles. The lowest BCUT2D eigenvalue weighted by Gasteiger charge is -2.36. The summed E-state index contributed by atoms with van der Waals surface area (Å²) < 4.78 is 18.2. The summed E-state index contributed by atoms with van der Waals surface area (Å²) in [7, 11) is 2.03. The maximum Gasteiger partial charge on any atom is 0.134 e. The summed E-state index contributed by atoms with van der Waals surface area (Å²) in [5.74, 6) is 3.00. The van der Waals surface area contributed by atoms with Crippen LogP contribution < -0.4 is 20.1 Å². The van der Waals surface area contributed by atoms with Gasteiger partial charge in [-0.15, -0.1) is 0 Å². The first-order chi connectivity index (χ1) is 17.9. The molecule has 0 spiro atoms. The van der Waals surface area contributed by atoms with Crippen molar-refractivity contribution >= 4 is 11.0 Å². The Hall–Kier alpha value is -2.50. The lowest BCUT2D eigenvalue weighted by Crippen LogP contribution is -2.47. The van der Waals surface area contributed by atoms with Crippen LogP contribution in [0.3, 0.4) is 0 Å². The standard InChI is InChI=1S/C32H44N2O3/c1-5-26-15-23-16-28(10-11-31(23)37-26)36-30-19-25(20-30)34-13-7-12-32(2,3)21-22-8-6-9-27(14-22)35-29-17-24(18-29)33-4/h6,8-11,14-16,24-25,29-30,33-34H,5,7,12-13,17-21H2,1-4H3. The van der Waals surface area contributed by atoms with Gasteiger partial charge in [0.05, 0.1) is 0 Å². The maximum absolute atomic E-state index is 6.22. The van der Waals surface area contributed by atoms with Gasteiger partial charge in [-0.05, 0) is 106 Å². The molecule has 0 atom stereocenters. The molecule has 0 amide bonds. The van der Waals surface area contributed by atoms with Crippen LogP contribution in [0.4, 0.5) is 0 Å². The first-order valence-electron chi connectivity index (χ1n) is 14.2. The molecular formula is C32H44N2O3. The maximum atomic E-state index is 6.22. The molecule has 0 aliphatic heterocycles. The molecule has 5 rings (SSSR count). The Morgan fingerprint density at radius 3 is 2.38 bits per heavy atom. The quantitative estimate of drug-likeness (QED) is 0.255. The van der Waals surface area contributed by atoms with Crippen molar-refractivity contribution in [2.75, 3.05) is 13.6 Å². The van der Waals surface area contributed by atoms with Gasteiger partial charge in [0.2, 0.25) is 0 Å². The van der Waals surface area contributed by atoms with Crippen LogP contribution in [0.2, 0.25) is 0 Å². The molecule has 2 aliphatic rings. The monoisotopic (exact) mass is 504 g/mol. The number of nitrogens with one attached hydrogen (secondary N) is 2. The predicted molar refractivity (Wildman–Crippen MR) is 151 cm³/mol. The smallest absolute Gasteiger partial charge is 0.134 e. The van der Waals surface area contributed by atoms with Crippen molar-refractivity contribution in [1.82, 2.24) is 10.6 Å². The summed E-state index contributed by atoms with van der Waals surface area (Å²) in [5.41, 5.74) is 2.58. The normalized spacial score (nSPS) is 23.5. The molecule has 0 saturated heterocycles. The lowest BCUT2D eigenvalue weighted by atomic mass is 9.81. The molecule has 0 radical (unpaired) electrons. The van der Waals surface area contributed by atoms with Gasteiger partial charge in [0.1, 0.15) is 35.1 Å². The summed E-state index contributed by atoms with van der Waals surface area (Å²) >= 11 is 0. The van der Waals surface area contributed by atoms with Gasteiger partial charge in [0.15, 0.2) is 0 Å². The Balaban J connectivity index is 0.984. The molecule has 200 valence electrons. The van der Waals surface area contributed by atoms with Crippen LogP contribution in [-0.2, 0) is 12.8 Å². The van der Waals surface area contributed by atoms with Gasteiger partial charge >= 0.3 is 0 Å². The molecule has 5 heteroatoms. The Bertz CT molecular complexity index is 1160. The molecule has 5 nitrogen and oxygen atoms in total. The van der Waals surface area contributed by atoms with E-state index in [-0.39, 0.29) is 5.41 Å². The third kappa shape index (κ3) is 6.88. The minimum absolute atomic E-state index is 0.266. The highest BCUT2D eigenvalue weighted by atomic mass is 16.5. The highest BCUT2D eigenvalue weighted by Crippen LogP contribution is 2.32. The first-order valence-corrected chi connectivity index (χ1v) is 14.2. The molecule has 2 fully saturated rings. The Morgan fingerprint density at radius 1 is 0.919 bits per heavy atom. The van der Waals surface area contributed by atoms with Crippen LogP contribution in [0.1, 0.15) is 70.6 Å². The molecule has 0 unspecified atom stereocenters. The Labute approximate surface area is 222 Å². The van der Waals surface area contributed by atoms with E-state index in [1.807, 2.05) is 19.2 Å². The molecule has 2 aromatic carbocycles. The fourth-order valence-corrected chi connectivity index (χ4v) is 5.68. The molecule has 3 aromatic rings. The van der Waals surface area contributed by atoms with Gasteiger partial charge in [-0.1, -0.05) is 32.9 Å². The zero-order chi connectivity index (χ0) is 25.8. The van der Waals surface area contributed by atoms with Gasteiger partial charge in [-0.2, -0.15) is 0 Å². The van der Waals surface area contributed by atoms with Crippen molar-refractivity contribution in [3.63, 3.8) is 0 Å². The van der Waals surface area contributed by atoms with E-state index < -0.39 is 0 Å². The van der Waals surface area contributed by atoms with Crippen molar-refractivity contribution in [1.29, 1.82) is 0 Å². The zero-order valence-corrected chi connectivity index (χ0v) is 23.0. The van der Waals surface area contributed by atoms with Crippen LogP contribution in [-0.4, -0.2) is 37.9 Å². The van der Waals surface area contributed by atoms with Crippen LogP contribution in [0, 0.1) is 5.41 Å². The summed E-state index contributed by atoms with van der Waals surface area (Å²) in [6, 6.07) is 18.2. The van der Waals surface area contributed by atoms with Crippen molar-refractivity contribution in [3.05, 3.63) is 59.9 Å². The highest BCUT2D eigenvalue weighted by Gasteiger charge is 2.31. The van der Waals surface area contributed by atoms with E-state index >= 15 is 0 Å². The summed E-state index contributed by atoms with van der Waals surface area (Å²) in [5, 5.41) is 8.20. The summed E-state index contributed by atoms with van der Waals surface area (Å²) in [6.45, 7) is 7.95. The number of ether oxygens (including phenoxy) is 2. The summed E-state index contributed by atoms with van der Waals surface area (Å²) in [4.78, 5) is 0. The molecule has 1 heterocycles. The van der Waals surface area contributed by atoms with E-state index in [2.05, 4.69) is 67.8 Å². The second-order valence-electron chi connectivity index (χ2n) is 11.9. The number of benzene rings is 2. The molecule has 2 aliphatic carbocycles. The SMILES string of the molecule is CCc1cc2cc(OC3CC(NCCCC(C)(C)Cc4cccc(OC5CC(NC)C5)c4)C3)ccc2o1. The highest BCUT2D eigenvalue weighted by molar-refractivity contribution is 5.79. The van der Waals surface area contributed by atoms with Gasteiger partial charge in [-0.25, -0.2) is 0 Å². The average molecular weight is 505 g/mol. The number of furan rings is 1. The van der Waals surface area contributed by atoms with Crippen LogP contribution in [0.5, 0.6) is 11.5 Å². The van der Waals surface area contributed by atoms with E-state index in [9.17, 15) is 0 Å². The van der Waals surface area contributed by atoms with Crippen molar-refractivity contribution in [2.24, 2.45) is 5.41 Å². The number of aryl methyl sites for hydroxylation is 1. The summed E-state index contributed by atoms with van der Waals surface area (Å²) in [6.07, 6.45) is 9.42. The van der Waals surface area contributed by atoms with Crippen molar-refractivity contribution < 1.29 is 13.9 Å².